The van der Waals surface area contributed by atoms with Crippen molar-refractivity contribution in [3.05, 3.63) is 77.6 Å². The van der Waals surface area contributed by atoms with E-state index in [1.54, 1.807) is 65.2 Å². The number of methoxy groups -OCH3 is 1. The van der Waals surface area contributed by atoms with Crippen LogP contribution in [0, 0.1) is 26.7 Å². The van der Waals surface area contributed by atoms with E-state index in [-0.39, 0.29) is 18.2 Å². The average molecular weight is 513 g/mol. The van der Waals surface area contributed by atoms with Gasteiger partial charge in [0.1, 0.15) is 11.5 Å². The minimum absolute atomic E-state index is 0.0841. The number of carbonyl (C=O) groups is 2. The largest absolute Gasteiger partial charge is 0.497 e. The maximum absolute atomic E-state index is 12.8. The highest BCUT2D eigenvalue weighted by atomic mass is 16.5. The number of rotatable bonds is 7. The number of hydrogen-bond acceptors (Lipinski definition) is 7. The number of hydrogen-bond donors (Lipinski definition) is 1. The summed E-state index contributed by atoms with van der Waals surface area (Å²) in [4.78, 5) is 27.0. The second-order valence-corrected chi connectivity index (χ2v) is 9.16. The van der Waals surface area contributed by atoms with Crippen molar-refractivity contribution in [3.8, 4) is 23.2 Å². The fourth-order valence-electron chi connectivity index (χ4n) is 4.29. The highest BCUT2D eigenvalue weighted by molar-refractivity contribution is 6.03. The molecular weight excluding hydrogens is 484 g/mol. The van der Waals surface area contributed by atoms with Gasteiger partial charge in [-0.05, 0) is 80.9 Å². The second kappa shape index (κ2) is 10.3. The Kier molecular flexibility index (Phi) is 6.78. The fraction of sp³-hybridized carbons (Fsp3) is 0.250. The number of ether oxygens (including phenoxy) is 2. The lowest BCUT2D eigenvalue weighted by atomic mass is 10.1. The van der Waals surface area contributed by atoms with Crippen LogP contribution in [0.3, 0.4) is 0 Å². The van der Waals surface area contributed by atoms with Gasteiger partial charge in [-0.1, -0.05) is 0 Å². The molecule has 0 radical (unpaired) electrons. The molecule has 194 valence electrons. The van der Waals surface area contributed by atoms with Gasteiger partial charge in [-0.25, -0.2) is 4.68 Å². The first-order chi connectivity index (χ1) is 18.3. The standard InChI is InChI=1S/C28H28N6O4/c1-17-18(2)32-34(19(17)3)25-13-14-26(31-30-25)38-24-9-5-21(6-10-24)29-28(36)20-15-27(35)33(16-20)22-7-11-23(37-4)12-8-22/h5-14,20H,15-16H2,1-4H3,(H,29,36). The van der Waals surface area contributed by atoms with Crippen LogP contribution in [0.25, 0.3) is 5.82 Å². The van der Waals surface area contributed by atoms with Crippen molar-refractivity contribution in [1.82, 2.24) is 20.0 Å². The van der Waals surface area contributed by atoms with E-state index < -0.39 is 5.92 Å². The smallest absolute Gasteiger partial charge is 0.238 e. The first-order valence-corrected chi connectivity index (χ1v) is 12.2. The van der Waals surface area contributed by atoms with Crippen LogP contribution in [0.2, 0.25) is 0 Å². The third-order valence-electron chi connectivity index (χ3n) is 6.72. The van der Waals surface area contributed by atoms with Gasteiger partial charge in [0.2, 0.25) is 17.7 Å². The van der Waals surface area contributed by atoms with Crippen LogP contribution in [-0.2, 0) is 9.59 Å². The summed E-state index contributed by atoms with van der Waals surface area (Å²) in [7, 11) is 1.59. The summed E-state index contributed by atoms with van der Waals surface area (Å²) < 4.78 is 12.7. The summed E-state index contributed by atoms with van der Waals surface area (Å²) in [5.74, 6) is 1.48. The third-order valence-corrected chi connectivity index (χ3v) is 6.72. The second-order valence-electron chi connectivity index (χ2n) is 9.16. The van der Waals surface area contributed by atoms with Crippen molar-refractivity contribution in [3.63, 3.8) is 0 Å². The maximum atomic E-state index is 12.8. The molecule has 1 fully saturated rings. The molecule has 2 aromatic heterocycles. The van der Waals surface area contributed by atoms with E-state index in [0.29, 0.717) is 35.4 Å². The van der Waals surface area contributed by atoms with Crippen LogP contribution in [0.5, 0.6) is 17.4 Å². The van der Waals surface area contributed by atoms with E-state index >= 15 is 0 Å². The first kappa shape index (κ1) is 24.9. The van der Waals surface area contributed by atoms with E-state index in [1.165, 1.54) is 0 Å². The zero-order chi connectivity index (χ0) is 26.8. The van der Waals surface area contributed by atoms with E-state index in [4.69, 9.17) is 9.47 Å². The van der Waals surface area contributed by atoms with Gasteiger partial charge in [0.15, 0.2) is 5.82 Å². The quantitative estimate of drug-likeness (QED) is 0.391. The van der Waals surface area contributed by atoms with Crippen LogP contribution < -0.4 is 19.7 Å². The van der Waals surface area contributed by atoms with E-state index in [1.807, 2.05) is 32.9 Å². The molecule has 10 nitrogen and oxygen atoms in total. The van der Waals surface area contributed by atoms with Gasteiger partial charge in [-0.3, -0.25) is 9.59 Å². The number of nitrogens with zero attached hydrogens (tertiary/aromatic N) is 5. The highest BCUT2D eigenvalue weighted by Crippen LogP contribution is 2.28. The van der Waals surface area contributed by atoms with Gasteiger partial charge in [-0.2, -0.15) is 5.10 Å². The SMILES string of the molecule is COc1ccc(N2CC(C(=O)Nc3ccc(Oc4ccc(-n5nc(C)c(C)c5C)nn4)cc3)CC2=O)cc1. The Morgan fingerprint density at radius 1 is 0.947 bits per heavy atom. The van der Waals surface area contributed by atoms with Gasteiger partial charge in [-0.15, -0.1) is 10.2 Å². The lowest BCUT2D eigenvalue weighted by Crippen LogP contribution is -2.28. The zero-order valence-electron chi connectivity index (χ0n) is 21.6. The van der Waals surface area contributed by atoms with Crippen molar-refractivity contribution < 1.29 is 19.1 Å². The van der Waals surface area contributed by atoms with Crippen molar-refractivity contribution in [2.75, 3.05) is 23.9 Å². The molecule has 1 aliphatic heterocycles. The summed E-state index contributed by atoms with van der Waals surface area (Å²) in [5, 5.41) is 15.8. The Labute approximate surface area is 220 Å². The molecule has 10 heteroatoms. The van der Waals surface area contributed by atoms with E-state index in [9.17, 15) is 9.59 Å². The van der Waals surface area contributed by atoms with Crippen LogP contribution >= 0.6 is 0 Å². The minimum Gasteiger partial charge on any atom is -0.497 e. The Balaban J connectivity index is 1.18. The molecule has 0 spiro atoms. The Bertz CT molecular complexity index is 1460. The summed E-state index contributed by atoms with van der Waals surface area (Å²) >= 11 is 0. The summed E-state index contributed by atoms with van der Waals surface area (Å²) in [5.41, 5.74) is 4.44. The van der Waals surface area contributed by atoms with Crippen molar-refractivity contribution >= 4 is 23.2 Å². The topological polar surface area (TPSA) is 111 Å². The molecule has 1 unspecified atom stereocenters. The molecule has 1 aliphatic rings. The maximum Gasteiger partial charge on any atom is 0.238 e. The van der Waals surface area contributed by atoms with Crippen molar-refractivity contribution in [2.45, 2.75) is 27.2 Å². The van der Waals surface area contributed by atoms with Crippen molar-refractivity contribution in [2.24, 2.45) is 5.92 Å². The molecule has 2 aromatic carbocycles. The first-order valence-electron chi connectivity index (χ1n) is 12.2. The van der Waals surface area contributed by atoms with Gasteiger partial charge >= 0.3 is 0 Å². The Hall–Kier alpha value is -4.73. The fourth-order valence-corrected chi connectivity index (χ4v) is 4.29. The monoisotopic (exact) mass is 512 g/mol. The third kappa shape index (κ3) is 5.06. The Morgan fingerprint density at radius 2 is 1.66 bits per heavy atom. The Morgan fingerprint density at radius 3 is 2.26 bits per heavy atom. The molecule has 1 N–H and O–H groups in total. The van der Waals surface area contributed by atoms with Gasteiger partial charge in [0.05, 0.1) is 18.7 Å². The normalized spacial score (nSPS) is 15.0. The van der Waals surface area contributed by atoms with Crippen LogP contribution in [-0.4, -0.2) is 45.4 Å². The molecule has 4 aromatic rings. The highest BCUT2D eigenvalue weighted by Gasteiger charge is 2.35. The molecule has 0 bridgehead atoms. The lowest BCUT2D eigenvalue weighted by molar-refractivity contribution is -0.122. The molecule has 2 amide bonds. The molecule has 3 heterocycles. The van der Waals surface area contributed by atoms with Gasteiger partial charge < -0.3 is 19.7 Å². The zero-order valence-corrected chi connectivity index (χ0v) is 21.6. The van der Waals surface area contributed by atoms with E-state index in [2.05, 4.69) is 20.6 Å². The molecular formula is C28H28N6O4. The lowest BCUT2D eigenvalue weighted by Gasteiger charge is -2.17. The molecule has 0 aliphatic carbocycles. The average Bonchev–Trinajstić information content (AvgIpc) is 3.45. The number of aryl methyl sites for hydroxylation is 1. The summed E-state index contributed by atoms with van der Waals surface area (Å²) in [6, 6.07) is 17.7. The number of anilines is 2. The predicted octanol–water partition coefficient (Wildman–Crippen LogP) is 4.38. The predicted molar refractivity (Wildman–Crippen MR) is 142 cm³/mol. The molecule has 5 rings (SSSR count). The van der Waals surface area contributed by atoms with Gasteiger partial charge in [0, 0.05) is 36.1 Å². The van der Waals surface area contributed by atoms with E-state index in [0.717, 1.165) is 22.6 Å². The van der Waals surface area contributed by atoms with Crippen LogP contribution in [0.15, 0.2) is 60.7 Å². The molecule has 38 heavy (non-hydrogen) atoms. The number of aromatic nitrogens is 4. The minimum atomic E-state index is -0.444. The molecule has 1 saturated heterocycles. The van der Waals surface area contributed by atoms with Crippen molar-refractivity contribution in [1.29, 1.82) is 0 Å². The number of carbonyl (C=O) groups excluding carboxylic acids is 2. The van der Waals surface area contributed by atoms with Gasteiger partial charge in [0.25, 0.3) is 0 Å². The number of benzene rings is 2. The molecule has 1 atom stereocenters. The van der Waals surface area contributed by atoms with Crippen LogP contribution in [0.1, 0.15) is 23.4 Å². The number of nitrogens with one attached hydrogen (secondary N) is 1. The van der Waals surface area contributed by atoms with Crippen LogP contribution in [0.4, 0.5) is 11.4 Å². The number of amides is 2. The molecule has 0 saturated carbocycles. The summed E-state index contributed by atoms with van der Waals surface area (Å²) in [6.45, 7) is 6.29. The summed E-state index contributed by atoms with van der Waals surface area (Å²) in [6.07, 6.45) is 0.158.